The minimum absolute atomic E-state index is 0.119. The number of nitrogens with two attached hydrogens (primary N) is 1. The Balaban J connectivity index is 2.09. The first-order valence-electron chi connectivity index (χ1n) is 6.47. The highest BCUT2D eigenvalue weighted by Crippen LogP contribution is 2.38. The summed E-state index contributed by atoms with van der Waals surface area (Å²) >= 11 is 0. The van der Waals surface area contributed by atoms with Gasteiger partial charge in [0.25, 0.3) is 0 Å². The van der Waals surface area contributed by atoms with E-state index in [-0.39, 0.29) is 6.04 Å². The molecule has 0 radical (unpaired) electrons. The molecular weight excluding hydrogens is 284 g/mol. The molecule has 1 atom stereocenters. The van der Waals surface area contributed by atoms with Gasteiger partial charge in [0.15, 0.2) is 0 Å². The molecule has 0 fully saturated rings. The van der Waals surface area contributed by atoms with E-state index in [1.807, 2.05) is 0 Å². The van der Waals surface area contributed by atoms with Crippen LogP contribution in [-0.2, 0) is 12.6 Å². The summed E-state index contributed by atoms with van der Waals surface area (Å²) in [5.41, 5.74) is 7.54. The molecular formula is C15H12F4N2. The van der Waals surface area contributed by atoms with Crippen molar-refractivity contribution >= 4 is 0 Å². The smallest absolute Gasteiger partial charge is 0.324 e. The largest absolute Gasteiger partial charge is 0.419 e. The van der Waals surface area contributed by atoms with E-state index in [0.717, 1.165) is 36.1 Å². The zero-order chi connectivity index (χ0) is 15.2. The molecule has 1 aliphatic carbocycles. The molecule has 0 bridgehead atoms. The van der Waals surface area contributed by atoms with Crippen molar-refractivity contribution in [2.75, 3.05) is 0 Å². The molecule has 2 aromatic rings. The molecule has 1 aromatic heterocycles. The van der Waals surface area contributed by atoms with Gasteiger partial charge in [0.2, 0.25) is 0 Å². The second kappa shape index (κ2) is 4.80. The van der Waals surface area contributed by atoms with Crippen LogP contribution in [0.2, 0.25) is 0 Å². The molecule has 0 amide bonds. The van der Waals surface area contributed by atoms with Crippen LogP contribution >= 0.6 is 0 Å². The molecule has 0 spiro atoms. The summed E-state index contributed by atoms with van der Waals surface area (Å²) in [5, 5.41) is 0. The number of alkyl halides is 3. The first-order chi connectivity index (χ1) is 9.88. The van der Waals surface area contributed by atoms with Gasteiger partial charge in [-0.2, -0.15) is 13.2 Å². The van der Waals surface area contributed by atoms with Gasteiger partial charge in [-0.05, 0) is 41.7 Å². The van der Waals surface area contributed by atoms with E-state index in [2.05, 4.69) is 4.98 Å². The van der Waals surface area contributed by atoms with Crippen LogP contribution in [0, 0.1) is 5.82 Å². The van der Waals surface area contributed by atoms with Gasteiger partial charge in [-0.15, -0.1) is 0 Å². The van der Waals surface area contributed by atoms with Crippen LogP contribution in [-0.4, -0.2) is 4.98 Å². The maximum Gasteiger partial charge on any atom is 0.419 e. The Morgan fingerprint density at radius 2 is 1.95 bits per heavy atom. The SMILES string of the molecule is NC1CCc2c(-c3ccc(C(F)(F)F)c(F)c3)cncc21. The third-order valence-electron chi connectivity index (χ3n) is 3.78. The molecule has 110 valence electrons. The fourth-order valence-corrected chi connectivity index (χ4v) is 2.72. The second-order valence-electron chi connectivity index (χ2n) is 5.09. The molecule has 1 aliphatic rings. The lowest BCUT2D eigenvalue weighted by Gasteiger charge is -2.12. The summed E-state index contributed by atoms with van der Waals surface area (Å²) in [4.78, 5) is 4.06. The van der Waals surface area contributed by atoms with E-state index in [0.29, 0.717) is 11.1 Å². The van der Waals surface area contributed by atoms with E-state index < -0.39 is 17.6 Å². The highest BCUT2D eigenvalue weighted by Gasteiger charge is 2.34. The van der Waals surface area contributed by atoms with Crippen LogP contribution in [0.25, 0.3) is 11.1 Å². The van der Waals surface area contributed by atoms with Crippen LogP contribution < -0.4 is 5.73 Å². The first-order valence-corrected chi connectivity index (χ1v) is 6.47. The Morgan fingerprint density at radius 3 is 2.62 bits per heavy atom. The standard InChI is InChI=1S/C15H12F4N2/c16-13-5-8(1-3-12(13)15(17,18)19)10-6-21-7-11-9(10)2-4-14(11)20/h1,3,5-7,14H,2,4,20H2. The molecule has 21 heavy (non-hydrogen) atoms. The maximum atomic E-state index is 13.7. The predicted molar refractivity (Wildman–Crippen MR) is 69.9 cm³/mol. The number of pyridine rings is 1. The van der Waals surface area contributed by atoms with Gasteiger partial charge < -0.3 is 5.73 Å². The van der Waals surface area contributed by atoms with Gasteiger partial charge in [-0.25, -0.2) is 4.39 Å². The lowest BCUT2D eigenvalue weighted by atomic mass is 9.98. The highest BCUT2D eigenvalue weighted by molar-refractivity contribution is 5.69. The molecule has 2 N–H and O–H groups in total. The van der Waals surface area contributed by atoms with Gasteiger partial charge in [0.1, 0.15) is 5.82 Å². The van der Waals surface area contributed by atoms with Crippen molar-refractivity contribution in [1.29, 1.82) is 0 Å². The van der Waals surface area contributed by atoms with Gasteiger partial charge in [-0.3, -0.25) is 4.98 Å². The monoisotopic (exact) mass is 296 g/mol. The average Bonchev–Trinajstić information content (AvgIpc) is 2.79. The van der Waals surface area contributed by atoms with E-state index in [1.54, 1.807) is 12.4 Å². The molecule has 1 heterocycles. The van der Waals surface area contributed by atoms with Crippen LogP contribution in [0.4, 0.5) is 17.6 Å². The fraction of sp³-hybridized carbons (Fsp3) is 0.267. The van der Waals surface area contributed by atoms with Crippen molar-refractivity contribution in [3.63, 3.8) is 0 Å². The normalized spacial score (nSPS) is 17.9. The Kier molecular flexibility index (Phi) is 3.20. The molecule has 6 heteroatoms. The molecule has 0 saturated heterocycles. The van der Waals surface area contributed by atoms with Gasteiger partial charge in [-0.1, -0.05) is 6.07 Å². The summed E-state index contributed by atoms with van der Waals surface area (Å²) in [6, 6.07) is 2.82. The van der Waals surface area contributed by atoms with Gasteiger partial charge >= 0.3 is 6.18 Å². The third-order valence-corrected chi connectivity index (χ3v) is 3.78. The Labute approximate surface area is 118 Å². The summed E-state index contributed by atoms with van der Waals surface area (Å²) in [7, 11) is 0. The quantitative estimate of drug-likeness (QED) is 0.812. The Hall–Kier alpha value is -1.95. The van der Waals surface area contributed by atoms with Crippen molar-refractivity contribution in [2.24, 2.45) is 5.73 Å². The number of halogens is 4. The van der Waals surface area contributed by atoms with E-state index in [4.69, 9.17) is 5.73 Å². The van der Waals surface area contributed by atoms with Crippen LogP contribution in [0.5, 0.6) is 0 Å². The van der Waals surface area contributed by atoms with Crippen molar-refractivity contribution in [3.8, 4) is 11.1 Å². The maximum absolute atomic E-state index is 13.7. The zero-order valence-corrected chi connectivity index (χ0v) is 10.9. The molecule has 1 aromatic carbocycles. The lowest BCUT2D eigenvalue weighted by molar-refractivity contribution is -0.139. The number of aromatic nitrogens is 1. The minimum Gasteiger partial charge on any atom is -0.324 e. The third kappa shape index (κ3) is 2.40. The molecule has 2 nitrogen and oxygen atoms in total. The second-order valence-corrected chi connectivity index (χ2v) is 5.09. The van der Waals surface area contributed by atoms with Crippen molar-refractivity contribution in [1.82, 2.24) is 4.98 Å². The van der Waals surface area contributed by atoms with Crippen molar-refractivity contribution in [3.05, 3.63) is 53.1 Å². The molecule has 0 saturated carbocycles. The molecule has 3 rings (SSSR count). The van der Waals surface area contributed by atoms with Gasteiger partial charge in [0.05, 0.1) is 5.56 Å². The van der Waals surface area contributed by atoms with Gasteiger partial charge in [0, 0.05) is 24.0 Å². The van der Waals surface area contributed by atoms with E-state index >= 15 is 0 Å². The molecule has 1 unspecified atom stereocenters. The fourth-order valence-electron chi connectivity index (χ4n) is 2.72. The zero-order valence-electron chi connectivity index (χ0n) is 10.9. The minimum atomic E-state index is -4.69. The number of nitrogens with zero attached hydrogens (tertiary/aromatic N) is 1. The predicted octanol–water partition coefficient (Wildman–Crippen LogP) is 3.85. The van der Waals surface area contributed by atoms with Crippen LogP contribution in [0.1, 0.15) is 29.2 Å². The van der Waals surface area contributed by atoms with E-state index in [1.165, 1.54) is 6.07 Å². The summed E-state index contributed by atoms with van der Waals surface area (Å²) < 4.78 is 51.4. The number of fused-ring (bicyclic) bond motifs is 1. The van der Waals surface area contributed by atoms with Crippen LogP contribution in [0.3, 0.4) is 0 Å². The van der Waals surface area contributed by atoms with Crippen molar-refractivity contribution < 1.29 is 17.6 Å². The van der Waals surface area contributed by atoms with Crippen LogP contribution in [0.15, 0.2) is 30.6 Å². The summed E-state index contributed by atoms with van der Waals surface area (Å²) in [5.74, 6) is -1.28. The van der Waals surface area contributed by atoms with E-state index in [9.17, 15) is 17.6 Å². The average molecular weight is 296 g/mol. The highest BCUT2D eigenvalue weighted by atomic mass is 19.4. The Bertz CT molecular complexity index is 695. The Morgan fingerprint density at radius 1 is 1.19 bits per heavy atom. The number of benzene rings is 1. The topological polar surface area (TPSA) is 38.9 Å². The number of hydrogen-bond acceptors (Lipinski definition) is 2. The first kappa shape index (κ1) is 14.0. The lowest BCUT2D eigenvalue weighted by Crippen LogP contribution is -2.08. The molecule has 0 aliphatic heterocycles. The van der Waals surface area contributed by atoms with Crippen molar-refractivity contribution in [2.45, 2.75) is 25.1 Å². The number of hydrogen-bond donors (Lipinski definition) is 1. The summed E-state index contributed by atoms with van der Waals surface area (Å²) in [6.07, 6.45) is -0.00810. The number of rotatable bonds is 1. The summed E-state index contributed by atoms with van der Waals surface area (Å²) in [6.45, 7) is 0.